The van der Waals surface area contributed by atoms with Gasteiger partial charge in [-0.15, -0.1) is 0 Å². The lowest BCUT2D eigenvalue weighted by Gasteiger charge is -1.99. The minimum absolute atomic E-state index is 0.0420. The Balaban J connectivity index is 2.16. The van der Waals surface area contributed by atoms with E-state index < -0.39 is 5.91 Å². The average Bonchev–Trinajstić information content (AvgIpc) is 3.14. The highest BCUT2D eigenvalue weighted by Gasteiger charge is 2.24. The summed E-state index contributed by atoms with van der Waals surface area (Å²) in [4.78, 5) is 16.3. The number of hydrogen-bond donors (Lipinski definition) is 3. The van der Waals surface area contributed by atoms with Crippen molar-refractivity contribution in [2.45, 2.75) is 6.92 Å². The predicted octanol–water partition coefficient (Wildman–Crippen LogP) is 2.95. The third-order valence-electron chi connectivity index (χ3n) is 3.74. The van der Waals surface area contributed by atoms with Gasteiger partial charge in [0.15, 0.2) is 11.4 Å². The van der Waals surface area contributed by atoms with Gasteiger partial charge in [-0.2, -0.15) is 0 Å². The molecule has 8 heteroatoms. The van der Waals surface area contributed by atoms with Crippen LogP contribution in [0.3, 0.4) is 0 Å². The Hall–Kier alpha value is -2.74. The molecule has 1 aromatic carbocycles. The van der Waals surface area contributed by atoms with Crippen molar-refractivity contribution < 1.29 is 14.3 Å². The van der Waals surface area contributed by atoms with E-state index in [1.165, 1.54) is 6.26 Å². The molecule has 3 aromatic heterocycles. The molecule has 4 rings (SSSR count). The molecule has 0 spiro atoms. The number of furan rings is 1. The summed E-state index contributed by atoms with van der Waals surface area (Å²) in [6, 6.07) is 5.07. The Bertz CT molecular complexity index is 1090. The van der Waals surface area contributed by atoms with Crippen LogP contribution in [0.5, 0.6) is 5.75 Å². The highest BCUT2D eigenvalue weighted by molar-refractivity contribution is 9.10. The molecule has 7 nitrogen and oxygen atoms in total. The van der Waals surface area contributed by atoms with E-state index >= 15 is 0 Å². The van der Waals surface area contributed by atoms with Crippen molar-refractivity contribution in [3.05, 3.63) is 40.1 Å². The van der Waals surface area contributed by atoms with Gasteiger partial charge in [0.1, 0.15) is 28.8 Å². The number of hydrogen-bond acceptors (Lipinski definition) is 4. The number of nitrogens with zero attached hydrogens (tertiary/aromatic N) is 2. The molecule has 4 N–H and O–H groups in total. The number of carbonyl (C=O) groups is 1. The van der Waals surface area contributed by atoms with Gasteiger partial charge < -0.3 is 15.3 Å². The zero-order valence-corrected chi connectivity index (χ0v) is 13.5. The fourth-order valence-corrected chi connectivity index (χ4v) is 3.04. The second kappa shape index (κ2) is 4.63. The molecule has 0 radical (unpaired) electrons. The number of aromatic hydroxyl groups is 1. The number of imidazole rings is 1. The third-order valence-corrected chi connectivity index (χ3v) is 4.16. The standard InChI is InChI=1S/C15H11BrN4O3/c1-6-2-3-8(21)11-13(6)20-15(18-11)10(14(17)22)12(19-20)9-4-7(16)5-23-9/h2-5,19,21H,1H3,(H2,17,22). The fourth-order valence-electron chi connectivity index (χ4n) is 2.74. The molecule has 23 heavy (non-hydrogen) atoms. The smallest absolute Gasteiger partial charge is 0.254 e. The monoisotopic (exact) mass is 374 g/mol. The minimum atomic E-state index is -0.633. The number of halogens is 1. The zero-order valence-electron chi connectivity index (χ0n) is 11.9. The number of rotatable bonds is 2. The Morgan fingerprint density at radius 1 is 1.48 bits per heavy atom. The Kier molecular flexibility index (Phi) is 2.79. The summed E-state index contributed by atoms with van der Waals surface area (Å²) in [7, 11) is 0. The normalized spacial score (nSPS) is 11.6. The average molecular weight is 375 g/mol. The molecule has 1 amide bonds. The van der Waals surface area contributed by atoms with Gasteiger partial charge in [0, 0.05) is 6.07 Å². The second-order valence-electron chi connectivity index (χ2n) is 5.22. The van der Waals surface area contributed by atoms with Crippen LogP contribution in [0.25, 0.3) is 28.1 Å². The summed E-state index contributed by atoms with van der Waals surface area (Å²) in [5.74, 6) is -0.131. The van der Waals surface area contributed by atoms with Crippen molar-refractivity contribution in [1.82, 2.24) is 14.6 Å². The molecule has 0 bridgehead atoms. The number of phenols is 1. The van der Waals surface area contributed by atoms with Crippen LogP contribution in [0.15, 0.2) is 33.4 Å². The van der Waals surface area contributed by atoms with Crippen LogP contribution in [0.4, 0.5) is 0 Å². The molecule has 0 atom stereocenters. The molecule has 116 valence electrons. The van der Waals surface area contributed by atoms with Gasteiger partial charge in [-0.1, -0.05) is 6.07 Å². The molecule has 0 aliphatic heterocycles. The van der Waals surface area contributed by atoms with Crippen molar-refractivity contribution in [2.24, 2.45) is 5.73 Å². The molecule has 0 fully saturated rings. The number of aromatic nitrogens is 3. The number of carbonyl (C=O) groups excluding carboxylic acids is 1. The maximum absolute atomic E-state index is 12.0. The number of amides is 1. The van der Waals surface area contributed by atoms with E-state index in [9.17, 15) is 9.90 Å². The molecule has 4 aromatic rings. The van der Waals surface area contributed by atoms with Crippen molar-refractivity contribution in [2.75, 3.05) is 0 Å². The quantitative estimate of drug-likeness (QED) is 0.500. The van der Waals surface area contributed by atoms with Crippen LogP contribution in [0.1, 0.15) is 15.9 Å². The summed E-state index contributed by atoms with van der Waals surface area (Å²) in [6.07, 6.45) is 1.51. The molecule has 0 unspecified atom stereocenters. The first-order chi connectivity index (χ1) is 11.0. The first-order valence-electron chi connectivity index (χ1n) is 6.74. The predicted molar refractivity (Wildman–Crippen MR) is 87.4 cm³/mol. The maximum Gasteiger partial charge on any atom is 0.254 e. The Morgan fingerprint density at radius 2 is 2.26 bits per heavy atom. The number of phenolic OH excluding ortho intramolecular Hbond substituents is 1. The summed E-state index contributed by atoms with van der Waals surface area (Å²) in [5.41, 5.74) is 8.52. The van der Waals surface area contributed by atoms with Crippen LogP contribution in [0.2, 0.25) is 0 Å². The first kappa shape index (κ1) is 13.9. The number of aromatic amines is 1. The Morgan fingerprint density at radius 3 is 2.91 bits per heavy atom. The molecule has 0 aliphatic rings. The number of benzene rings is 1. The maximum atomic E-state index is 12.0. The largest absolute Gasteiger partial charge is 0.506 e. The van der Waals surface area contributed by atoms with Crippen LogP contribution < -0.4 is 5.73 Å². The molecule has 0 aliphatic carbocycles. The van der Waals surface area contributed by atoms with E-state index in [1.54, 1.807) is 22.7 Å². The van der Waals surface area contributed by atoms with Crippen LogP contribution in [-0.4, -0.2) is 25.6 Å². The zero-order chi connectivity index (χ0) is 16.3. The van der Waals surface area contributed by atoms with Gasteiger partial charge in [-0.3, -0.25) is 9.89 Å². The van der Waals surface area contributed by atoms with Gasteiger partial charge in [-0.05, 0) is 34.5 Å². The van der Waals surface area contributed by atoms with Gasteiger partial charge in [0.05, 0.1) is 9.99 Å². The number of H-pyrrole nitrogens is 1. The highest BCUT2D eigenvalue weighted by Crippen LogP contribution is 2.34. The van der Waals surface area contributed by atoms with Gasteiger partial charge in [0.25, 0.3) is 5.91 Å². The SMILES string of the molecule is Cc1ccc(O)c2nc3c(C(N)=O)c(-c4cc(Br)co4)[nH]n3c12. The van der Waals surface area contributed by atoms with Crippen molar-refractivity contribution in [3.63, 3.8) is 0 Å². The number of nitrogens with one attached hydrogen (secondary N) is 1. The number of nitrogens with two attached hydrogens (primary N) is 1. The number of aryl methyl sites for hydroxylation is 1. The van der Waals surface area contributed by atoms with Gasteiger partial charge >= 0.3 is 0 Å². The van der Waals surface area contributed by atoms with Gasteiger partial charge in [0.2, 0.25) is 0 Å². The number of primary amides is 1. The molecule has 3 heterocycles. The molecular formula is C15H11BrN4O3. The lowest BCUT2D eigenvalue weighted by atomic mass is 10.2. The van der Waals surface area contributed by atoms with E-state index in [4.69, 9.17) is 10.2 Å². The highest BCUT2D eigenvalue weighted by atomic mass is 79.9. The second-order valence-corrected chi connectivity index (χ2v) is 6.14. The lowest BCUT2D eigenvalue weighted by Crippen LogP contribution is -2.11. The van der Waals surface area contributed by atoms with Gasteiger partial charge in [-0.25, -0.2) is 9.50 Å². The van der Waals surface area contributed by atoms with E-state index in [0.29, 0.717) is 28.1 Å². The summed E-state index contributed by atoms with van der Waals surface area (Å²) >= 11 is 3.31. The molecule has 0 saturated carbocycles. The summed E-state index contributed by atoms with van der Waals surface area (Å²) in [6.45, 7) is 1.89. The van der Waals surface area contributed by atoms with Crippen molar-refractivity contribution in [3.8, 4) is 17.2 Å². The van der Waals surface area contributed by atoms with Crippen LogP contribution in [-0.2, 0) is 0 Å². The van der Waals surface area contributed by atoms with E-state index in [2.05, 4.69) is 26.0 Å². The number of fused-ring (bicyclic) bond motifs is 3. The van der Waals surface area contributed by atoms with Crippen LogP contribution >= 0.6 is 15.9 Å². The minimum Gasteiger partial charge on any atom is -0.506 e. The summed E-state index contributed by atoms with van der Waals surface area (Å²) in [5, 5.41) is 13.1. The van der Waals surface area contributed by atoms with Crippen molar-refractivity contribution in [1.29, 1.82) is 0 Å². The third kappa shape index (κ3) is 1.88. The molecular weight excluding hydrogens is 364 g/mol. The first-order valence-corrected chi connectivity index (χ1v) is 7.53. The van der Waals surface area contributed by atoms with Crippen molar-refractivity contribution >= 4 is 38.5 Å². The molecule has 0 saturated heterocycles. The Labute approximate surface area is 137 Å². The topological polar surface area (TPSA) is 110 Å². The fraction of sp³-hybridized carbons (Fsp3) is 0.0667. The van der Waals surface area contributed by atoms with Crippen LogP contribution in [0, 0.1) is 6.92 Å². The summed E-state index contributed by atoms with van der Waals surface area (Å²) < 4.78 is 7.81. The van der Waals surface area contributed by atoms with E-state index in [-0.39, 0.29) is 11.3 Å². The van der Waals surface area contributed by atoms with E-state index in [1.807, 2.05) is 6.92 Å². The lowest BCUT2D eigenvalue weighted by molar-refractivity contribution is 0.100. The van der Waals surface area contributed by atoms with E-state index in [0.717, 1.165) is 10.0 Å².